The SMILES string of the molecule is CC1CN(c2ccncc2CNC2CC2)CCN1C. The van der Waals surface area contributed by atoms with Gasteiger partial charge in [0.25, 0.3) is 0 Å². The van der Waals surface area contributed by atoms with E-state index in [-0.39, 0.29) is 0 Å². The lowest BCUT2D eigenvalue weighted by molar-refractivity contribution is 0.234. The molecule has 2 fully saturated rings. The van der Waals surface area contributed by atoms with Gasteiger partial charge < -0.3 is 15.1 Å². The summed E-state index contributed by atoms with van der Waals surface area (Å²) in [5, 5.41) is 3.60. The Kier molecular flexibility index (Phi) is 3.71. The smallest absolute Gasteiger partial charge is 0.0443 e. The third kappa shape index (κ3) is 3.07. The van der Waals surface area contributed by atoms with Gasteiger partial charge in [-0.25, -0.2) is 0 Å². The van der Waals surface area contributed by atoms with Gasteiger partial charge in [-0.1, -0.05) is 0 Å². The van der Waals surface area contributed by atoms with Gasteiger partial charge >= 0.3 is 0 Å². The van der Waals surface area contributed by atoms with E-state index in [1.807, 2.05) is 12.4 Å². The molecule has 19 heavy (non-hydrogen) atoms. The second-order valence-corrected chi connectivity index (χ2v) is 5.94. The van der Waals surface area contributed by atoms with Crippen molar-refractivity contribution in [2.75, 3.05) is 31.6 Å². The summed E-state index contributed by atoms with van der Waals surface area (Å²) in [6.07, 6.45) is 6.61. The molecule has 1 saturated carbocycles. The largest absolute Gasteiger partial charge is 0.368 e. The summed E-state index contributed by atoms with van der Waals surface area (Å²) >= 11 is 0. The minimum Gasteiger partial charge on any atom is -0.368 e. The lowest BCUT2D eigenvalue weighted by atomic mass is 10.1. The fraction of sp³-hybridized carbons (Fsp3) is 0.667. The van der Waals surface area contributed by atoms with Gasteiger partial charge in [-0.2, -0.15) is 0 Å². The molecule has 1 saturated heterocycles. The number of hydrogen-bond acceptors (Lipinski definition) is 4. The van der Waals surface area contributed by atoms with E-state index in [1.54, 1.807) is 0 Å². The van der Waals surface area contributed by atoms with Gasteiger partial charge in [0, 0.05) is 61.9 Å². The summed E-state index contributed by atoms with van der Waals surface area (Å²) in [7, 11) is 2.21. The Labute approximate surface area is 115 Å². The molecule has 1 aromatic heterocycles. The standard InChI is InChI=1S/C15H24N4/c1-12-11-19(8-7-18(12)2)15-5-6-16-9-13(15)10-17-14-3-4-14/h5-6,9,12,14,17H,3-4,7-8,10-11H2,1-2H3. The number of hydrogen-bond donors (Lipinski definition) is 1. The van der Waals surface area contributed by atoms with Crippen molar-refractivity contribution in [1.29, 1.82) is 0 Å². The van der Waals surface area contributed by atoms with E-state index in [0.29, 0.717) is 6.04 Å². The first kappa shape index (κ1) is 12.9. The molecular formula is C15H24N4. The van der Waals surface area contributed by atoms with Gasteiger partial charge in [0.15, 0.2) is 0 Å². The van der Waals surface area contributed by atoms with Crippen LogP contribution in [0, 0.1) is 0 Å². The number of rotatable bonds is 4. The van der Waals surface area contributed by atoms with Crippen LogP contribution in [0.4, 0.5) is 5.69 Å². The van der Waals surface area contributed by atoms with E-state index in [9.17, 15) is 0 Å². The molecule has 1 aliphatic carbocycles. The highest BCUT2D eigenvalue weighted by molar-refractivity contribution is 5.52. The van der Waals surface area contributed by atoms with E-state index < -0.39 is 0 Å². The fourth-order valence-corrected chi connectivity index (χ4v) is 2.67. The Bertz CT molecular complexity index is 430. The van der Waals surface area contributed by atoms with Gasteiger partial charge in [0.1, 0.15) is 0 Å². The van der Waals surface area contributed by atoms with E-state index in [0.717, 1.165) is 32.2 Å². The highest BCUT2D eigenvalue weighted by Gasteiger charge is 2.24. The van der Waals surface area contributed by atoms with Crippen LogP contribution < -0.4 is 10.2 Å². The van der Waals surface area contributed by atoms with Crippen LogP contribution in [0.1, 0.15) is 25.3 Å². The zero-order valence-corrected chi connectivity index (χ0v) is 12.0. The average Bonchev–Trinajstić information content (AvgIpc) is 3.24. The van der Waals surface area contributed by atoms with Crippen LogP contribution in [-0.4, -0.2) is 48.6 Å². The number of likely N-dealkylation sites (N-methyl/N-ethyl adjacent to an activating group) is 1. The van der Waals surface area contributed by atoms with Crippen LogP contribution >= 0.6 is 0 Å². The monoisotopic (exact) mass is 260 g/mol. The minimum atomic E-state index is 0.617. The quantitative estimate of drug-likeness (QED) is 0.888. The molecule has 3 rings (SSSR count). The first-order chi connectivity index (χ1) is 9.24. The van der Waals surface area contributed by atoms with Crippen LogP contribution in [0.25, 0.3) is 0 Å². The molecule has 104 valence electrons. The van der Waals surface area contributed by atoms with E-state index in [1.165, 1.54) is 24.1 Å². The van der Waals surface area contributed by atoms with E-state index in [4.69, 9.17) is 0 Å². The zero-order valence-electron chi connectivity index (χ0n) is 12.0. The second kappa shape index (κ2) is 5.47. The molecule has 1 unspecified atom stereocenters. The van der Waals surface area contributed by atoms with Crippen LogP contribution in [0.3, 0.4) is 0 Å². The Balaban J connectivity index is 1.71. The summed E-state index contributed by atoms with van der Waals surface area (Å²) in [5.41, 5.74) is 2.70. The van der Waals surface area contributed by atoms with Crippen molar-refractivity contribution in [3.63, 3.8) is 0 Å². The number of pyridine rings is 1. The Hall–Kier alpha value is -1.13. The highest BCUT2D eigenvalue weighted by Crippen LogP contribution is 2.24. The Morgan fingerprint density at radius 3 is 2.95 bits per heavy atom. The third-order valence-corrected chi connectivity index (χ3v) is 4.34. The molecular weight excluding hydrogens is 236 g/mol. The van der Waals surface area contributed by atoms with Crippen molar-refractivity contribution in [3.8, 4) is 0 Å². The van der Waals surface area contributed by atoms with Gasteiger partial charge in [-0.05, 0) is 32.9 Å². The molecule has 2 heterocycles. The molecule has 1 N–H and O–H groups in total. The van der Waals surface area contributed by atoms with Gasteiger partial charge in [0.05, 0.1) is 0 Å². The Morgan fingerprint density at radius 1 is 1.37 bits per heavy atom. The number of anilines is 1. The first-order valence-corrected chi connectivity index (χ1v) is 7.35. The summed E-state index contributed by atoms with van der Waals surface area (Å²) in [6, 6.07) is 3.53. The normalized spacial score (nSPS) is 24.7. The van der Waals surface area contributed by atoms with Crippen molar-refractivity contribution >= 4 is 5.69 Å². The van der Waals surface area contributed by atoms with E-state index >= 15 is 0 Å². The van der Waals surface area contributed by atoms with Gasteiger partial charge in [-0.3, -0.25) is 4.98 Å². The first-order valence-electron chi connectivity index (χ1n) is 7.35. The Morgan fingerprint density at radius 2 is 2.21 bits per heavy atom. The van der Waals surface area contributed by atoms with Gasteiger partial charge in [-0.15, -0.1) is 0 Å². The zero-order chi connectivity index (χ0) is 13.2. The predicted octanol–water partition coefficient (Wildman–Crippen LogP) is 1.47. The number of aromatic nitrogens is 1. The fourth-order valence-electron chi connectivity index (χ4n) is 2.67. The molecule has 0 amide bonds. The summed E-state index contributed by atoms with van der Waals surface area (Å²) in [5.74, 6) is 0. The lowest BCUT2D eigenvalue weighted by Crippen LogP contribution is -2.50. The van der Waals surface area contributed by atoms with Crippen molar-refractivity contribution in [2.24, 2.45) is 0 Å². The van der Waals surface area contributed by atoms with Crippen LogP contribution in [0.5, 0.6) is 0 Å². The van der Waals surface area contributed by atoms with Crippen LogP contribution in [0.15, 0.2) is 18.5 Å². The predicted molar refractivity (Wildman–Crippen MR) is 78.4 cm³/mol. The molecule has 1 aliphatic heterocycles. The summed E-state index contributed by atoms with van der Waals surface area (Å²) in [6.45, 7) is 6.61. The molecule has 4 nitrogen and oxygen atoms in total. The molecule has 4 heteroatoms. The van der Waals surface area contributed by atoms with Crippen LogP contribution in [0.2, 0.25) is 0 Å². The second-order valence-electron chi connectivity index (χ2n) is 5.94. The maximum absolute atomic E-state index is 4.30. The molecule has 1 aromatic rings. The minimum absolute atomic E-state index is 0.617. The van der Waals surface area contributed by atoms with Crippen molar-refractivity contribution in [3.05, 3.63) is 24.0 Å². The maximum Gasteiger partial charge on any atom is 0.0443 e. The lowest BCUT2D eigenvalue weighted by Gasteiger charge is -2.39. The van der Waals surface area contributed by atoms with E-state index in [2.05, 4.69) is 40.1 Å². The molecule has 2 aliphatic rings. The molecule has 0 radical (unpaired) electrons. The molecule has 0 aromatic carbocycles. The van der Waals surface area contributed by atoms with Crippen molar-refractivity contribution in [1.82, 2.24) is 15.2 Å². The summed E-state index contributed by atoms with van der Waals surface area (Å²) in [4.78, 5) is 9.24. The number of nitrogens with zero attached hydrogens (tertiary/aromatic N) is 3. The number of piperazine rings is 1. The van der Waals surface area contributed by atoms with Crippen molar-refractivity contribution < 1.29 is 0 Å². The third-order valence-electron chi connectivity index (χ3n) is 4.34. The molecule has 0 spiro atoms. The topological polar surface area (TPSA) is 31.4 Å². The maximum atomic E-state index is 4.30. The highest BCUT2D eigenvalue weighted by atomic mass is 15.3. The molecule has 1 atom stereocenters. The van der Waals surface area contributed by atoms with Gasteiger partial charge in [0.2, 0.25) is 0 Å². The number of nitrogens with one attached hydrogen (secondary N) is 1. The van der Waals surface area contributed by atoms with Crippen molar-refractivity contribution in [2.45, 2.75) is 38.4 Å². The molecule has 0 bridgehead atoms. The summed E-state index contributed by atoms with van der Waals surface area (Å²) < 4.78 is 0. The average molecular weight is 260 g/mol. The van der Waals surface area contributed by atoms with Crippen LogP contribution in [-0.2, 0) is 6.54 Å².